The van der Waals surface area contributed by atoms with Gasteiger partial charge in [0.2, 0.25) is 0 Å². The van der Waals surface area contributed by atoms with Crippen molar-refractivity contribution in [1.82, 2.24) is 0 Å². The molecule has 2 aromatic heterocycles. The number of fused-ring (bicyclic) bond motifs is 8. The highest BCUT2D eigenvalue weighted by molar-refractivity contribution is 6.19. The van der Waals surface area contributed by atoms with Gasteiger partial charge < -0.3 is 13.7 Å². The number of rotatable bonds is 6. The molecule has 0 fully saturated rings. The van der Waals surface area contributed by atoms with E-state index in [0.717, 1.165) is 88.6 Å². The molecule has 0 bridgehead atoms. The lowest BCUT2D eigenvalue weighted by atomic mass is 9.97. The smallest absolute Gasteiger partial charge is 0.143 e. The summed E-state index contributed by atoms with van der Waals surface area (Å²) in [7, 11) is 0. The molecule has 0 N–H and O–H groups in total. The molecule has 0 atom stereocenters. The van der Waals surface area contributed by atoms with Gasteiger partial charge in [0.1, 0.15) is 22.3 Å². The van der Waals surface area contributed by atoms with Crippen LogP contribution in [0.4, 0.5) is 17.1 Å². The van der Waals surface area contributed by atoms with Gasteiger partial charge in [-0.25, -0.2) is 0 Å². The zero-order chi connectivity index (χ0) is 36.3. The third-order valence-corrected chi connectivity index (χ3v) is 10.9. The third-order valence-electron chi connectivity index (χ3n) is 10.9. The molecule has 9 aromatic carbocycles. The van der Waals surface area contributed by atoms with E-state index >= 15 is 0 Å². The highest BCUT2D eigenvalue weighted by atomic mass is 16.3. The van der Waals surface area contributed by atoms with Crippen molar-refractivity contribution in [2.75, 3.05) is 4.90 Å². The molecule has 258 valence electrons. The average molecular weight is 704 g/mol. The Kier molecular flexibility index (Phi) is 7.17. The largest absolute Gasteiger partial charge is 0.456 e. The average Bonchev–Trinajstić information content (AvgIpc) is 3.83. The van der Waals surface area contributed by atoms with Crippen molar-refractivity contribution in [2.45, 2.75) is 0 Å². The summed E-state index contributed by atoms with van der Waals surface area (Å²) in [6.45, 7) is 0. The molecule has 0 saturated carbocycles. The van der Waals surface area contributed by atoms with Crippen molar-refractivity contribution in [3.8, 4) is 33.4 Å². The van der Waals surface area contributed by atoms with Crippen LogP contribution in [0.15, 0.2) is 209 Å². The summed E-state index contributed by atoms with van der Waals surface area (Å²) in [5.41, 5.74) is 13.7. The van der Waals surface area contributed by atoms with E-state index in [2.05, 4.69) is 193 Å². The predicted octanol–water partition coefficient (Wildman–Crippen LogP) is 15.1. The molecular formula is C52H33NO2. The normalized spacial score (nSPS) is 11.6. The molecule has 55 heavy (non-hydrogen) atoms. The lowest BCUT2D eigenvalue weighted by Crippen LogP contribution is -2.11. The van der Waals surface area contributed by atoms with Crippen molar-refractivity contribution >= 4 is 71.7 Å². The Bertz CT molecular complexity index is 3190. The summed E-state index contributed by atoms with van der Waals surface area (Å²) < 4.78 is 12.9. The standard InChI is InChI=1S/C52H33NO2/c1-2-11-34(12-3-1)35-21-27-39(28-22-35)53(47-18-8-6-14-41(47)38-26-31-45-44-16-7-9-19-48(44)54-50(45)33-38)40-29-23-37(24-30-40)42-17-10-20-49-51(42)46-32-25-36-13-4-5-15-43(36)52(46)55-49/h1-33H. The topological polar surface area (TPSA) is 29.5 Å². The molecule has 0 aliphatic carbocycles. The van der Waals surface area contributed by atoms with Gasteiger partial charge in [0, 0.05) is 43.9 Å². The maximum absolute atomic E-state index is 6.53. The van der Waals surface area contributed by atoms with Crippen LogP contribution in [0.5, 0.6) is 0 Å². The quantitative estimate of drug-likeness (QED) is 0.173. The Labute approximate surface area is 317 Å². The summed E-state index contributed by atoms with van der Waals surface area (Å²) in [6.07, 6.45) is 0. The van der Waals surface area contributed by atoms with Crippen molar-refractivity contribution in [3.05, 3.63) is 200 Å². The van der Waals surface area contributed by atoms with E-state index in [4.69, 9.17) is 8.83 Å². The number of hydrogen-bond donors (Lipinski definition) is 0. The molecule has 0 unspecified atom stereocenters. The first-order valence-corrected chi connectivity index (χ1v) is 18.7. The SMILES string of the molecule is c1ccc(-c2ccc(N(c3ccc(-c4cccc5oc6c7ccccc7ccc6c45)cc3)c3ccccc3-c3ccc4c(c3)oc3ccccc34)cc2)cc1. The van der Waals surface area contributed by atoms with E-state index in [0.29, 0.717) is 0 Å². The first kappa shape index (κ1) is 31.2. The van der Waals surface area contributed by atoms with Gasteiger partial charge in [0.05, 0.1) is 5.69 Å². The van der Waals surface area contributed by atoms with E-state index in [9.17, 15) is 0 Å². The number of furan rings is 2. The second-order valence-electron chi connectivity index (χ2n) is 14.1. The lowest BCUT2D eigenvalue weighted by Gasteiger charge is -2.28. The van der Waals surface area contributed by atoms with Crippen molar-refractivity contribution in [1.29, 1.82) is 0 Å². The highest BCUT2D eigenvalue weighted by Gasteiger charge is 2.20. The van der Waals surface area contributed by atoms with E-state index < -0.39 is 0 Å². The van der Waals surface area contributed by atoms with Crippen LogP contribution in [0.2, 0.25) is 0 Å². The fraction of sp³-hybridized carbons (Fsp3) is 0. The molecule has 0 radical (unpaired) electrons. The molecule has 3 nitrogen and oxygen atoms in total. The Hall–Kier alpha value is -7.36. The summed E-state index contributed by atoms with van der Waals surface area (Å²) >= 11 is 0. The van der Waals surface area contributed by atoms with Gasteiger partial charge in [-0.3, -0.25) is 0 Å². The summed E-state index contributed by atoms with van der Waals surface area (Å²) in [5.74, 6) is 0. The van der Waals surface area contributed by atoms with Gasteiger partial charge in [-0.1, -0.05) is 140 Å². The second kappa shape index (κ2) is 12.6. The first-order chi connectivity index (χ1) is 27.3. The highest BCUT2D eigenvalue weighted by Crippen LogP contribution is 2.44. The Morgan fingerprint density at radius 1 is 0.327 bits per heavy atom. The fourth-order valence-electron chi connectivity index (χ4n) is 8.25. The molecule has 0 amide bonds. The molecule has 0 saturated heterocycles. The Morgan fingerprint density at radius 2 is 0.927 bits per heavy atom. The van der Waals surface area contributed by atoms with E-state index in [1.807, 2.05) is 12.1 Å². The van der Waals surface area contributed by atoms with Gasteiger partial charge in [0.25, 0.3) is 0 Å². The van der Waals surface area contributed by atoms with Crippen LogP contribution in [-0.4, -0.2) is 0 Å². The summed E-state index contributed by atoms with van der Waals surface area (Å²) in [4.78, 5) is 2.36. The number of para-hydroxylation sites is 2. The summed E-state index contributed by atoms with van der Waals surface area (Å²) in [6, 6.07) is 70.9. The molecule has 0 aliphatic heterocycles. The maximum atomic E-state index is 6.53. The van der Waals surface area contributed by atoms with Crippen LogP contribution in [0.3, 0.4) is 0 Å². The van der Waals surface area contributed by atoms with Crippen LogP contribution in [0, 0.1) is 0 Å². The number of benzene rings is 9. The molecular weight excluding hydrogens is 671 g/mol. The molecule has 0 spiro atoms. The minimum absolute atomic E-state index is 0.880. The van der Waals surface area contributed by atoms with Gasteiger partial charge in [-0.05, 0) is 93.9 Å². The Morgan fingerprint density at radius 3 is 1.76 bits per heavy atom. The van der Waals surface area contributed by atoms with Crippen molar-refractivity contribution < 1.29 is 8.83 Å². The number of anilines is 3. The first-order valence-electron chi connectivity index (χ1n) is 18.7. The number of hydrogen-bond acceptors (Lipinski definition) is 3. The van der Waals surface area contributed by atoms with Crippen LogP contribution in [0.1, 0.15) is 0 Å². The molecule has 2 heterocycles. The zero-order valence-electron chi connectivity index (χ0n) is 29.8. The minimum atomic E-state index is 0.880. The molecule has 3 heteroatoms. The Balaban J connectivity index is 1.05. The van der Waals surface area contributed by atoms with Crippen LogP contribution >= 0.6 is 0 Å². The zero-order valence-corrected chi connectivity index (χ0v) is 29.8. The van der Waals surface area contributed by atoms with E-state index in [1.165, 1.54) is 16.5 Å². The molecule has 11 rings (SSSR count). The lowest BCUT2D eigenvalue weighted by molar-refractivity contribution is 0.669. The predicted molar refractivity (Wildman–Crippen MR) is 229 cm³/mol. The van der Waals surface area contributed by atoms with Crippen LogP contribution < -0.4 is 4.90 Å². The van der Waals surface area contributed by atoms with Crippen LogP contribution in [-0.2, 0) is 0 Å². The van der Waals surface area contributed by atoms with Crippen molar-refractivity contribution in [2.24, 2.45) is 0 Å². The van der Waals surface area contributed by atoms with E-state index in [-0.39, 0.29) is 0 Å². The van der Waals surface area contributed by atoms with Gasteiger partial charge in [-0.15, -0.1) is 0 Å². The van der Waals surface area contributed by atoms with Gasteiger partial charge >= 0.3 is 0 Å². The molecule has 11 aromatic rings. The third kappa shape index (κ3) is 5.20. The molecule has 0 aliphatic rings. The van der Waals surface area contributed by atoms with Crippen molar-refractivity contribution in [3.63, 3.8) is 0 Å². The monoisotopic (exact) mass is 703 g/mol. The van der Waals surface area contributed by atoms with Gasteiger partial charge in [-0.2, -0.15) is 0 Å². The summed E-state index contributed by atoms with van der Waals surface area (Å²) in [5, 5.41) is 6.82. The van der Waals surface area contributed by atoms with Gasteiger partial charge in [0.15, 0.2) is 0 Å². The van der Waals surface area contributed by atoms with Crippen LogP contribution in [0.25, 0.3) is 88.0 Å². The fourth-order valence-corrected chi connectivity index (χ4v) is 8.25. The minimum Gasteiger partial charge on any atom is -0.456 e. The number of nitrogens with zero attached hydrogens (tertiary/aromatic N) is 1. The maximum Gasteiger partial charge on any atom is 0.143 e. The second-order valence-corrected chi connectivity index (χ2v) is 14.1. The van der Waals surface area contributed by atoms with E-state index in [1.54, 1.807) is 0 Å².